The first-order chi connectivity index (χ1) is 17.4. The summed E-state index contributed by atoms with van der Waals surface area (Å²) in [5.74, 6) is 0.686. The number of hydrogen-bond acceptors (Lipinski definition) is 7. The monoisotopic (exact) mass is 508 g/mol. The average Bonchev–Trinajstić information content (AvgIpc) is 3.62. The van der Waals surface area contributed by atoms with Gasteiger partial charge in [0.15, 0.2) is 0 Å². The molecule has 0 bridgehead atoms. The van der Waals surface area contributed by atoms with E-state index in [1.165, 1.54) is 24.2 Å². The molecular formula is C26H32N6O3S. The number of nitrogens with zero attached hydrogens (tertiary/aromatic N) is 4. The molecule has 0 aromatic carbocycles. The van der Waals surface area contributed by atoms with Gasteiger partial charge in [-0.25, -0.2) is 4.98 Å². The summed E-state index contributed by atoms with van der Waals surface area (Å²) >= 11 is 1.46. The molecule has 4 heterocycles. The molecule has 1 atom stereocenters. The predicted molar refractivity (Wildman–Crippen MR) is 140 cm³/mol. The predicted octanol–water partition coefficient (Wildman–Crippen LogP) is 3.90. The van der Waals surface area contributed by atoms with E-state index in [2.05, 4.69) is 31.7 Å². The Morgan fingerprint density at radius 1 is 1.25 bits per heavy atom. The Bertz CT molecular complexity index is 1230. The molecule has 1 fully saturated rings. The first-order valence-electron chi connectivity index (χ1n) is 12.5. The molecular weight excluding hydrogens is 476 g/mol. The molecule has 2 amide bonds. The highest BCUT2D eigenvalue weighted by molar-refractivity contribution is 7.14. The van der Waals surface area contributed by atoms with Gasteiger partial charge in [-0.05, 0) is 43.0 Å². The van der Waals surface area contributed by atoms with E-state index in [1.54, 1.807) is 24.1 Å². The van der Waals surface area contributed by atoms with Gasteiger partial charge >= 0.3 is 0 Å². The summed E-state index contributed by atoms with van der Waals surface area (Å²) < 4.78 is 7.33. The van der Waals surface area contributed by atoms with E-state index in [0.29, 0.717) is 41.9 Å². The summed E-state index contributed by atoms with van der Waals surface area (Å²) in [5.41, 5.74) is 2.68. The molecule has 1 saturated carbocycles. The maximum absolute atomic E-state index is 13.2. The molecule has 0 spiro atoms. The fourth-order valence-corrected chi connectivity index (χ4v) is 5.87. The highest BCUT2D eigenvalue weighted by Gasteiger charge is 2.28. The van der Waals surface area contributed by atoms with Crippen molar-refractivity contribution >= 4 is 34.5 Å². The number of pyridine rings is 1. The molecule has 0 saturated heterocycles. The van der Waals surface area contributed by atoms with Crippen LogP contribution in [0.3, 0.4) is 0 Å². The SMILES string of the molecule is Cc1cnc2c(c1)N(Cc1ccc(C(=O)N[C@@H](CC3CCCC3)C(=O)Nc3cnn(C)c3)s1)CCO2. The maximum atomic E-state index is 13.2. The lowest BCUT2D eigenvalue weighted by Crippen LogP contribution is -2.44. The number of amides is 2. The normalized spacial score (nSPS) is 16.3. The van der Waals surface area contributed by atoms with Gasteiger partial charge in [-0.2, -0.15) is 5.10 Å². The maximum Gasteiger partial charge on any atom is 0.262 e. The van der Waals surface area contributed by atoms with E-state index in [-0.39, 0.29) is 11.8 Å². The van der Waals surface area contributed by atoms with Crippen LogP contribution in [0.4, 0.5) is 11.4 Å². The smallest absolute Gasteiger partial charge is 0.262 e. The second-order valence-electron chi connectivity index (χ2n) is 9.68. The van der Waals surface area contributed by atoms with E-state index in [9.17, 15) is 9.59 Å². The van der Waals surface area contributed by atoms with Crippen LogP contribution in [-0.4, -0.2) is 45.8 Å². The van der Waals surface area contributed by atoms with Crippen LogP contribution in [0.15, 0.2) is 36.8 Å². The average molecular weight is 509 g/mol. The second kappa shape index (κ2) is 10.7. The lowest BCUT2D eigenvalue weighted by atomic mass is 9.97. The van der Waals surface area contributed by atoms with Gasteiger partial charge in [0.2, 0.25) is 11.8 Å². The third-order valence-corrected chi connectivity index (χ3v) is 7.85. The fraction of sp³-hybridized carbons (Fsp3) is 0.462. The standard InChI is InChI=1S/C26H32N6O3S/c1-17-11-22-26(27-13-17)35-10-9-32(22)16-20-7-8-23(36-20)25(34)30-21(12-18-5-3-4-6-18)24(33)29-19-14-28-31(2)15-19/h7-8,11,13-15,18,21H,3-6,9-10,12,16H2,1-2H3,(H,29,33)(H,30,34)/t21-/m0/s1. The van der Waals surface area contributed by atoms with E-state index < -0.39 is 6.04 Å². The minimum Gasteiger partial charge on any atom is -0.474 e. The van der Waals surface area contributed by atoms with Crippen LogP contribution in [0.1, 0.15) is 52.2 Å². The zero-order valence-corrected chi connectivity index (χ0v) is 21.5. The molecule has 0 radical (unpaired) electrons. The zero-order chi connectivity index (χ0) is 25.1. The van der Waals surface area contributed by atoms with Crippen molar-refractivity contribution in [2.24, 2.45) is 13.0 Å². The van der Waals surface area contributed by atoms with Crippen molar-refractivity contribution in [3.05, 3.63) is 52.1 Å². The minimum absolute atomic E-state index is 0.201. The van der Waals surface area contributed by atoms with Gasteiger partial charge in [0.1, 0.15) is 18.3 Å². The summed E-state index contributed by atoms with van der Waals surface area (Å²) in [6.07, 6.45) is 10.4. The van der Waals surface area contributed by atoms with Crippen molar-refractivity contribution in [3.8, 4) is 5.88 Å². The van der Waals surface area contributed by atoms with Crippen molar-refractivity contribution in [1.29, 1.82) is 0 Å². The molecule has 9 nitrogen and oxygen atoms in total. The zero-order valence-electron chi connectivity index (χ0n) is 20.7. The van der Waals surface area contributed by atoms with Gasteiger partial charge in [-0.15, -0.1) is 11.3 Å². The van der Waals surface area contributed by atoms with Crippen molar-refractivity contribution in [2.75, 3.05) is 23.4 Å². The highest BCUT2D eigenvalue weighted by atomic mass is 32.1. The number of hydrogen-bond donors (Lipinski definition) is 2. The van der Waals surface area contributed by atoms with E-state index >= 15 is 0 Å². The van der Waals surface area contributed by atoms with Crippen LogP contribution in [0.5, 0.6) is 5.88 Å². The molecule has 3 aromatic heterocycles. The van der Waals surface area contributed by atoms with Crippen molar-refractivity contribution in [3.63, 3.8) is 0 Å². The van der Waals surface area contributed by atoms with Gasteiger partial charge in [-0.3, -0.25) is 14.3 Å². The van der Waals surface area contributed by atoms with E-state index in [0.717, 1.165) is 35.5 Å². The number of ether oxygens (including phenoxy) is 1. The largest absolute Gasteiger partial charge is 0.474 e. The topological polar surface area (TPSA) is 101 Å². The van der Waals surface area contributed by atoms with Crippen LogP contribution < -0.4 is 20.3 Å². The van der Waals surface area contributed by atoms with E-state index in [4.69, 9.17) is 4.74 Å². The van der Waals surface area contributed by atoms with Crippen LogP contribution in [-0.2, 0) is 18.4 Å². The third kappa shape index (κ3) is 5.70. The Labute approximate surface area is 214 Å². The Kier molecular flexibility index (Phi) is 7.22. The van der Waals surface area contributed by atoms with Crippen molar-refractivity contribution in [2.45, 2.75) is 51.6 Å². The molecule has 1 aliphatic carbocycles. The summed E-state index contributed by atoms with van der Waals surface area (Å²) in [6, 6.07) is 5.32. The van der Waals surface area contributed by atoms with Crippen LogP contribution in [0.25, 0.3) is 0 Å². The first kappa shape index (κ1) is 24.3. The second-order valence-corrected chi connectivity index (χ2v) is 10.8. The number of nitrogens with one attached hydrogen (secondary N) is 2. The highest BCUT2D eigenvalue weighted by Crippen LogP contribution is 2.32. The number of fused-ring (bicyclic) bond motifs is 1. The minimum atomic E-state index is -0.591. The Morgan fingerprint density at radius 2 is 2.08 bits per heavy atom. The van der Waals surface area contributed by atoms with Crippen molar-refractivity contribution in [1.82, 2.24) is 20.1 Å². The van der Waals surface area contributed by atoms with Gasteiger partial charge in [0, 0.05) is 24.3 Å². The Balaban J connectivity index is 1.26. The molecule has 2 N–H and O–H groups in total. The number of thiophene rings is 1. The molecule has 5 rings (SSSR count). The fourth-order valence-electron chi connectivity index (χ4n) is 4.94. The van der Waals surface area contributed by atoms with Gasteiger partial charge < -0.3 is 20.3 Å². The quantitative estimate of drug-likeness (QED) is 0.479. The molecule has 190 valence electrons. The van der Waals surface area contributed by atoms with Gasteiger partial charge in [0.25, 0.3) is 5.91 Å². The lowest BCUT2D eigenvalue weighted by molar-refractivity contribution is -0.118. The first-order valence-corrected chi connectivity index (χ1v) is 13.3. The number of anilines is 2. The molecule has 1 aliphatic heterocycles. The number of rotatable bonds is 8. The summed E-state index contributed by atoms with van der Waals surface area (Å²) in [7, 11) is 1.80. The van der Waals surface area contributed by atoms with Crippen molar-refractivity contribution < 1.29 is 14.3 Å². The van der Waals surface area contributed by atoms with Gasteiger partial charge in [0.05, 0.1) is 29.9 Å². The molecule has 0 unspecified atom stereocenters. The summed E-state index contributed by atoms with van der Waals surface area (Å²) in [6.45, 7) is 4.03. The number of aryl methyl sites for hydroxylation is 2. The van der Waals surface area contributed by atoms with Crippen LogP contribution >= 0.6 is 11.3 Å². The number of aromatic nitrogens is 3. The summed E-state index contributed by atoms with van der Waals surface area (Å²) in [5, 5.41) is 10.0. The van der Waals surface area contributed by atoms with E-state index in [1.807, 2.05) is 25.3 Å². The number of carbonyl (C=O) groups excluding carboxylic acids is 2. The van der Waals surface area contributed by atoms with Crippen LogP contribution in [0, 0.1) is 12.8 Å². The Morgan fingerprint density at radius 3 is 2.86 bits per heavy atom. The van der Waals surface area contributed by atoms with Crippen LogP contribution in [0.2, 0.25) is 0 Å². The molecule has 3 aromatic rings. The Hall–Kier alpha value is -3.40. The lowest BCUT2D eigenvalue weighted by Gasteiger charge is -2.30. The summed E-state index contributed by atoms with van der Waals surface area (Å²) in [4.78, 5) is 34.6. The molecule has 10 heteroatoms. The number of carbonyl (C=O) groups is 2. The molecule has 36 heavy (non-hydrogen) atoms. The third-order valence-electron chi connectivity index (χ3n) is 6.78. The molecule has 2 aliphatic rings. The van der Waals surface area contributed by atoms with Gasteiger partial charge in [-0.1, -0.05) is 25.7 Å².